The van der Waals surface area contributed by atoms with Crippen LogP contribution in [0.25, 0.3) is 0 Å². The lowest BCUT2D eigenvalue weighted by molar-refractivity contribution is 0.0796. The number of amides is 1. The molecule has 1 aliphatic rings. The highest BCUT2D eigenvalue weighted by atomic mass is 32.2. The van der Waals surface area contributed by atoms with Crippen molar-refractivity contribution >= 4 is 15.9 Å². The van der Waals surface area contributed by atoms with Gasteiger partial charge in [0.25, 0.3) is 5.91 Å². The standard InChI is InChI=1S/C21H27N3O3S/c1-17-7-4-6-15-24(17)28(26,27)20-11-9-18(10-12-20)21(25)23(2)16-13-19-8-3-5-14-22-19/h3,5,8-12,14,17H,4,6-7,13,15-16H2,1-2H3. The summed E-state index contributed by atoms with van der Waals surface area (Å²) in [4.78, 5) is 18.8. The molecule has 1 unspecified atom stereocenters. The summed E-state index contributed by atoms with van der Waals surface area (Å²) in [6.45, 7) is 3.05. The fourth-order valence-electron chi connectivity index (χ4n) is 3.48. The Kier molecular flexibility index (Phi) is 6.46. The van der Waals surface area contributed by atoms with Crippen LogP contribution in [0.5, 0.6) is 0 Å². The minimum Gasteiger partial charge on any atom is -0.341 e. The Morgan fingerprint density at radius 2 is 1.93 bits per heavy atom. The van der Waals surface area contributed by atoms with Gasteiger partial charge >= 0.3 is 0 Å². The molecule has 1 fully saturated rings. The number of rotatable bonds is 6. The van der Waals surface area contributed by atoms with Gasteiger partial charge in [0.2, 0.25) is 10.0 Å². The summed E-state index contributed by atoms with van der Waals surface area (Å²) in [5.74, 6) is -0.133. The zero-order chi connectivity index (χ0) is 20.1. The van der Waals surface area contributed by atoms with Gasteiger partial charge < -0.3 is 4.90 Å². The van der Waals surface area contributed by atoms with E-state index in [4.69, 9.17) is 0 Å². The van der Waals surface area contributed by atoms with Crippen molar-refractivity contribution in [2.75, 3.05) is 20.1 Å². The molecule has 150 valence electrons. The summed E-state index contributed by atoms with van der Waals surface area (Å²) in [6.07, 6.45) is 5.24. The fourth-order valence-corrected chi connectivity index (χ4v) is 5.18. The molecule has 1 aliphatic heterocycles. The second kappa shape index (κ2) is 8.84. The van der Waals surface area contributed by atoms with E-state index in [1.807, 2.05) is 25.1 Å². The molecule has 28 heavy (non-hydrogen) atoms. The van der Waals surface area contributed by atoms with E-state index < -0.39 is 10.0 Å². The maximum atomic E-state index is 12.9. The van der Waals surface area contributed by atoms with E-state index in [0.29, 0.717) is 25.1 Å². The van der Waals surface area contributed by atoms with Crippen LogP contribution in [-0.4, -0.2) is 54.7 Å². The van der Waals surface area contributed by atoms with E-state index in [0.717, 1.165) is 25.0 Å². The van der Waals surface area contributed by atoms with Gasteiger partial charge in [0.05, 0.1) is 4.90 Å². The van der Waals surface area contributed by atoms with Crippen molar-refractivity contribution in [1.82, 2.24) is 14.2 Å². The van der Waals surface area contributed by atoms with E-state index in [9.17, 15) is 13.2 Å². The molecule has 7 heteroatoms. The molecule has 0 bridgehead atoms. The van der Waals surface area contributed by atoms with Crippen LogP contribution in [0.1, 0.15) is 42.2 Å². The summed E-state index contributed by atoms with van der Waals surface area (Å²) >= 11 is 0. The van der Waals surface area contributed by atoms with E-state index in [2.05, 4.69) is 4.98 Å². The lowest BCUT2D eigenvalue weighted by Gasteiger charge is -2.32. The van der Waals surface area contributed by atoms with Gasteiger partial charge in [-0.3, -0.25) is 9.78 Å². The molecule has 1 aromatic carbocycles. The first-order chi connectivity index (χ1) is 13.4. The van der Waals surface area contributed by atoms with Crippen LogP contribution in [0.4, 0.5) is 0 Å². The number of carbonyl (C=O) groups is 1. The maximum absolute atomic E-state index is 12.9. The normalized spacial score (nSPS) is 18.0. The number of piperidine rings is 1. The maximum Gasteiger partial charge on any atom is 0.253 e. The average molecular weight is 402 g/mol. The van der Waals surface area contributed by atoms with Crippen molar-refractivity contribution in [3.63, 3.8) is 0 Å². The van der Waals surface area contributed by atoms with Crippen molar-refractivity contribution in [2.24, 2.45) is 0 Å². The van der Waals surface area contributed by atoms with Crippen LogP contribution < -0.4 is 0 Å². The largest absolute Gasteiger partial charge is 0.341 e. The van der Waals surface area contributed by atoms with E-state index in [-0.39, 0.29) is 16.8 Å². The molecule has 3 rings (SSSR count). The quantitative estimate of drug-likeness (QED) is 0.746. The Hall–Kier alpha value is -2.25. The Morgan fingerprint density at radius 3 is 2.57 bits per heavy atom. The summed E-state index contributed by atoms with van der Waals surface area (Å²) in [5, 5.41) is 0. The molecule has 0 N–H and O–H groups in total. The number of pyridine rings is 1. The molecule has 1 saturated heterocycles. The van der Waals surface area contributed by atoms with Crippen LogP contribution >= 0.6 is 0 Å². The van der Waals surface area contributed by atoms with Crippen LogP contribution in [-0.2, 0) is 16.4 Å². The van der Waals surface area contributed by atoms with Crippen LogP contribution in [0, 0.1) is 0 Å². The first-order valence-electron chi connectivity index (χ1n) is 9.67. The van der Waals surface area contributed by atoms with Gasteiger partial charge in [-0.05, 0) is 56.2 Å². The Bertz CT molecular complexity index is 898. The topological polar surface area (TPSA) is 70.6 Å². The summed E-state index contributed by atoms with van der Waals surface area (Å²) < 4.78 is 27.4. The molecule has 2 aromatic rings. The van der Waals surface area contributed by atoms with Gasteiger partial charge in [-0.2, -0.15) is 4.31 Å². The third kappa shape index (κ3) is 4.59. The SMILES string of the molecule is CC1CCCCN1S(=O)(=O)c1ccc(C(=O)N(C)CCc2ccccn2)cc1. The van der Waals surface area contributed by atoms with Gasteiger partial charge in [-0.1, -0.05) is 12.5 Å². The molecule has 6 nitrogen and oxygen atoms in total. The Balaban J connectivity index is 1.66. The van der Waals surface area contributed by atoms with Gasteiger partial charge in [-0.15, -0.1) is 0 Å². The molecule has 2 heterocycles. The van der Waals surface area contributed by atoms with Crippen LogP contribution in [0.2, 0.25) is 0 Å². The second-order valence-corrected chi connectivity index (χ2v) is 9.17. The molecule has 1 aromatic heterocycles. The number of aromatic nitrogens is 1. The molecule has 1 atom stereocenters. The molecule has 1 amide bonds. The molecule has 0 saturated carbocycles. The average Bonchev–Trinajstić information content (AvgIpc) is 2.72. The number of hydrogen-bond acceptors (Lipinski definition) is 4. The van der Waals surface area contributed by atoms with Crippen LogP contribution in [0.15, 0.2) is 53.6 Å². The Labute approximate surface area is 167 Å². The smallest absolute Gasteiger partial charge is 0.253 e. The van der Waals surface area contributed by atoms with Gasteiger partial charge in [0.1, 0.15) is 0 Å². The number of carbonyl (C=O) groups excluding carboxylic acids is 1. The third-order valence-corrected chi connectivity index (χ3v) is 7.25. The number of benzene rings is 1. The highest BCUT2D eigenvalue weighted by molar-refractivity contribution is 7.89. The molecular formula is C21H27N3O3S. The van der Waals surface area contributed by atoms with Crippen molar-refractivity contribution in [3.05, 3.63) is 59.9 Å². The van der Waals surface area contributed by atoms with Crippen molar-refractivity contribution in [1.29, 1.82) is 0 Å². The highest BCUT2D eigenvalue weighted by Crippen LogP contribution is 2.25. The number of sulfonamides is 1. The third-order valence-electron chi connectivity index (χ3n) is 5.23. The van der Waals surface area contributed by atoms with Crippen LogP contribution in [0.3, 0.4) is 0 Å². The molecular weight excluding hydrogens is 374 g/mol. The zero-order valence-corrected chi connectivity index (χ0v) is 17.2. The van der Waals surface area contributed by atoms with Crippen molar-refractivity contribution in [3.8, 4) is 0 Å². The zero-order valence-electron chi connectivity index (χ0n) is 16.4. The lowest BCUT2D eigenvalue weighted by Crippen LogP contribution is -2.41. The number of hydrogen-bond donors (Lipinski definition) is 0. The minimum atomic E-state index is -3.52. The predicted octanol–water partition coefficient (Wildman–Crippen LogP) is 2.96. The Morgan fingerprint density at radius 1 is 1.18 bits per heavy atom. The van der Waals surface area contributed by atoms with E-state index >= 15 is 0 Å². The monoisotopic (exact) mass is 401 g/mol. The van der Waals surface area contributed by atoms with E-state index in [1.54, 1.807) is 34.6 Å². The number of nitrogens with zero attached hydrogens (tertiary/aromatic N) is 3. The summed E-state index contributed by atoms with van der Waals surface area (Å²) in [5.41, 5.74) is 1.41. The van der Waals surface area contributed by atoms with Crippen molar-refractivity contribution in [2.45, 2.75) is 43.5 Å². The lowest BCUT2D eigenvalue weighted by atomic mass is 10.1. The van der Waals surface area contributed by atoms with Gasteiger partial charge in [0.15, 0.2) is 0 Å². The van der Waals surface area contributed by atoms with Crippen molar-refractivity contribution < 1.29 is 13.2 Å². The summed E-state index contributed by atoms with van der Waals surface area (Å²) in [6, 6.07) is 12.0. The molecule has 0 spiro atoms. The highest BCUT2D eigenvalue weighted by Gasteiger charge is 2.31. The first-order valence-corrected chi connectivity index (χ1v) is 11.1. The minimum absolute atomic E-state index is 0.0118. The summed E-state index contributed by atoms with van der Waals surface area (Å²) in [7, 11) is -1.78. The molecule has 0 radical (unpaired) electrons. The predicted molar refractivity (Wildman–Crippen MR) is 109 cm³/mol. The van der Waals surface area contributed by atoms with E-state index in [1.165, 1.54) is 12.1 Å². The fraction of sp³-hybridized carbons (Fsp3) is 0.429. The second-order valence-electron chi connectivity index (χ2n) is 7.28. The van der Waals surface area contributed by atoms with Gasteiger partial charge in [-0.25, -0.2) is 8.42 Å². The molecule has 0 aliphatic carbocycles. The number of likely N-dealkylation sites (N-methyl/N-ethyl adjacent to an activating group) is 1. The first kappa shape index (κ1) is 20.5. The van der Waals surface area contributed by atoms with Gasteiger partial charge in [0, 0.05) is 50.1 Å².